The van der Waals surface area contributed by atoms with Gasteiger partial charge in [0.25, 0.3) is 0 Å². The minimum atomic E-state index is -0.0243. The second-order valence-electron chi connectivity index (χ2n) is 6.73. The van der Waals surface area contributed by atoms with Gasteiger partial charge in [-0.1, -0.05) is 51.1 Å². The van der Waals surface area contributed by atoms with E-state index in [0.29, 0.717) is 17.9 Å². The molecular formula is C19H29NO2. The lowest BCUT2D eigenvalue weighted by Crippen LogP contribution is -2.41. The van der Waals surface area contributed by atoms with Gasteiger partial charge < -0.3 is 9.64 Å². The summed E-state index contributed by atoms with van der Waals surface area (Å²) in [5.74, 6) is 1.21. The van der Waals surface area contributed by atoms with Gasteiger partial charge in [0, 0.05) is 25.6 Å². The zero-order valence-electron chi connectivity index (χ0n) is 14.3. The molecule has 3 atom stereocenters. The summed E-state index contributed by atoms with van der Waals surface area (Å²) < 4.78 is 5.32. The monoisotopic (exact) mass is 303 g/mol. The number of ether oxygens (including phenoxy) is 1. The Labute approximate surface area is 134 Å². The van der Waals surface area contributed by atoms with Crippen molar-refractivity contribution in [3.63, 3.8) is 0 Å². The predicted molar refractivity (Wildman–Crippen MR) is 89.8 cm³/mol. The van der Waals surface area contributed by atoms with Gasteiger partial charge in [0.05, 0.1) is 12.5 Å². The smallest absolute Gasteiger partial charge is 0.230 e. The molecule has 1 aromatic rings. The molecule has 1 aliphatic heterocycles. The second kappa shape index (κ2) is 7.77. The van der Waals surface area contributed by atoms with Gasteiger partial charge in [0.15, 0.2) is 0 Å². The van der Waals surface area contributed by atoms with Crippen molar-refractivity contribution in [2.75, 3.05) is 20.3 Å². The quantitative estimate of drug-likeness (QED) is 0.802. The standard InChI is InChI=1S/C19H29NO2/c1-5-17(16-9-7-6-8-10-16)19(21)20-12-15(13-22-4)11-18(20)14(2)3/h6-10,14-15,17-18H,5,11-13H2,1-4H3/t15?,17?,18-/m0/s1. The lowest BCUT2D eigenvalue weighted by Gasteiger charge is -2.31. The Bertz CT molecular complexity index is 472. The highest BCUT2D eigenvalue weighted by Gasteiger charge is 2.39. The Kier molecular flexibility index (Phi) is 6.01. The van der Waals surface area contributed by atoms with Crippen molar-refractivity contribution in [3.05, 3.63) is 35.9 Å². The topological polar surface area (TPSA) is 29.5 Å². The summed E-state index contributed by atoms with van der Waals surface area (Å²) in [7, 11) is 1.74. The molecule has 0 N–H and O–H groups in total. The molecule has 0 aromatic heterocycles. The lowest BCUT2D eigenvalue weighted by atomic mass is 9.93. The molecule has 0 aliphatic carbocycles. The van der Waals surface area contributed by atoms with Crippen LogP contribution in [0.25, 0.3) is 0 Å². The Morgan fingerprint density at radius 1 is 1.32 bits per heavy atom. The van der Waals surface area contributed by atoms with Crippen molar-refractivity contribution in [1.29, 1.82) is 0 Å². The molecule has 0 bridgehead atoms. The summed E-state index contributed by atoms with van der Waals surface area (Å²) in [6, 6.07) is 10.5. The highest BCUT2D eigenvalue weighted by Crippen LogP contribution is 2.32. The van der Waals surface area contributed by atoms with Gasteiger partial charge in [-0.15, -0.1) is 0 Å². The van der Waals surface area contributed by atoms with Crippen LogP contribution in [0.2, 0.25) is 0 Å². The number of carbonyl (C=O) groups is 1. The molecule has 1 saturated heterocycles. The maximum atomic E-state index is 13.1. The fourth-order valence-electron chi connectivity index (χ4n) is 3.64. The van der Waals surface area contributed by atoms with Gasteiger partial charge in [-0.3, -0.25) is 4.79 Å². The number of amides is 1. The largest absolute Gasteiger partial charge is 0.384 e. The van der Waals surface area contributed by atoms with Crippen LogP contribution in [0, 0.1) is 11.8 Å². The van der Waals surface area contributed by atoms with Gasteiger partial charge in [-0.2, -0.15) is 0 Å². The number of methoxy groups -OCH3 is 1. The van der Waals surface area contributed by atoms with Crippen LogP contribution in [0.3, 0.4) is 0 Å². The van der Waals surface area contributed by atoms with Crippen LogP contribution < -0.4 is 0 Å². The van der Waals surface area contributed by atoms with E-state index in [1.165, 1.54) is 0 Å². The highest BCUT2D eigenvalue weighted by atomic mass is 16.5. The van der Waals surface area contributed by atoms with Crippen LogP contribution in [0.4, 0.5) is 0 Å². The van der Waals surface area contributed by atoms with Gasteiger partial charge in [-0.25, -0.2) is 0 Å². The third kappa shape index (κ3) is 3.70. The molecule has 1 aliphatic rings. The van der Waals surface area contributed by atoms with Gasteiger partial charge >= 0.3 is 0 Å². The van der Waals surface area contributed by atoms with E-state index in [0.717, 1.165) is 31.6 Å². The summed E-state index contributed by atoms with van der Waals surface area (Å²) in [5, 5.41) is 0. The minimum absolute atomic E-state index is 0.0243. The average molecular weight is 303 g/mol. The average Bonchev–Trinajstić information content (AvgIpc) is 2.94. The molecule has 3 nitrogen and oxygen atoms in total. The molecule has 1 aromatic carbocycles. The molecule has 0 spiro atoms. The van der Waals surface area contributed by atoms with Gasteiger partial charge in [0.2, 0.25) is 5.91 Å². The summed E-state index contributed by atoms with van der Waals surface area (Å²) in [6.07, 6.45) is 1.90. The van der Waals surface area contributed by atoms with E-state index in [9.17, 15) is 4.79 Å². The van der Waals surface area contributed by atoms with E-state index in [1.807, 2.05) is 18.2 Å². The predicted octanol–water partition coefficient (Wildman–Crippen LogP) is 3.70. The SMILES string of the molecule is CCC(C(=O)N1CC(COC)C[C@H]1C(C)C)c1ccccc1. The molecule has 2 unspecified atom stereocenters. The van der Waals surface area contributed by atoms with E-state index in [2.05, 4.69) is 37.8 Å². The van der Waals surface area contributed by atoms with Crippen LogP contribution in [-0.2, 0) is 9.53 Å². The molecule has 0 saturated carbocycles. The van der Waals surface area contributed by atoms with Gasteiger partial charge in [0.1, 0.15) is 0 Å². The molecule has 22 heavy (non-hydrogen) atoms. The van der Waals surface area contributed by atoms with E-state index >= 15 is 0 Å². The van der Waals surface area contributed by atoms with Crippen LogP contribution in [0.5, 0.6) is 0 Å². The molecule has 122 valence electrons. The van der Waals surface area contributed by atoms with Crippen molar-refractivity contribution in [3.8, 4) is 0 Å². The van der Waals surface area contributed by atoms with Crippen molar-refractivity contribution in [2.24, 2.45) is 11.8 Å². The lowest BCUT2D eigenvalue weighted by molar-refractivity contribution is -0.134. The maximum Gasteiger partial charge on any atom is 0.230 e. The third-order valence-corrected chi connectivity index (χ3v) is 4.79. The summed E-state index contributed by atoms with van der Waals surface area (Å²) >= 11 is 0. The number of hydrogen-bond acceptors (Lipinski definition) is 2. The molecule has 1 fully saturated rings. The van der Waals surface area contributed by atoms with Crippen molar-refractivity contribution in [1.82, 2.24) is 4.90 Å². The second-order valence-corrected chi connectivity index (χ2v) is 6.73. The fourth-order valence-corrected chi connectivity index (χ4v) is 3.64. The number of carbonyl (C=O) groups excluding carboxylic acids is 1. The third-order valence-electron chi connectivity index (χ3n) is 4.79. The molecule has 1 amide bonds. The Balaban J connectivity index is 2.18. The Morgan fingerprint density at radius 2 is 2.00 bits per heavy atom. The van der Waals surface area contributed by atoms with E-state index < -0.39 is 0 Å². The van der Waals surface area contributed by atoms with Crippen molar-refractivity contribution < 1.29 is 9.53 Å². The van der Waals surface area contributed by atoms with E-state index in [4.69, 9.17) is 4.74 Å². The molecule has 0 radical (unpaired) electrons. The van der Waals surface area contributed by atoms with Crippen LogP contribution >= 0.6 is 0 Å². The van der Waals surface area contributed by atoms with Gasteiger partial charge in [-0.05, 0) is 24.3 Å². The number of likely N-dealkylation sites (tertiary alicyclic amines) is 1. The van der Waals surface area contributed by atoms with E-state index in [1.54, 1.807) is 7.11 Å². The molecule has 3 heteroatoms. The first-order valence-corrected chi connectivity index (χ1v) is 8.42. The number of hydrogen-bond donors (Lipinski definition) is 0. The van der Waals surface area contributed by atoms with Crippen LogP contribution in [0.15, 0.2) is 30.3 Å². The molecule has 2 rings (SSSR count). The summed E-state index contributed by atoms with van der Waals surface area (Å²) in [6.45, 7) is 8.10. The Hall–Kier alpha value is -1.35. The first kappa shape index (κ1) is 17.0. The minimum Gasteiger partial charge on any atom is -0.384 e. The fraction of sp³-hybridized carbons (Fsp3) is 0.632. The Morgan fingerprint density at radius 3 is 2.55 bits per heavy atom. The summed E-state index contributed by atoms with van der Waals surface area (Å²) in [5.41, 5.74) is 1.13. The number of nitrogens with zero attached hydrogens (tertiary/aromatic N) is 1. The number of benzene rings is 1. The van der Waals surface area contributed by atoms with Crippen molar-refractivity contribution >= 4 is 5.91 Å². The molecular weight excluding hydrogens is 274 g/mol. The van der Waals surface area contributed by atoms with Crippen LogP contribution in [-0.4, -0.2) is 37.1 Å². The van der Waals surface area contributed by atoms with Crippen molar-refractivity contribution in [2.45, 2.75) is 45.6 Å². The highest BCUT2D eigenvalue weighted by molar-refractivity contribution is 5.84. The zero-order valence-corrected chi connectivity index (χ0v) is 14.3. The van der Waals surface area contributed by atoms with E-state index in [-0.39, 0.29) is 11.8 Å². The summed E-state index contributed by atoms with van der Waals surface area (Å²) in [4.78, 5) is 15.2. The maximum absolute atomic E-state index is 13.1. The first-order valence-electron chi connectivity index (χ1n) is 8.42. The first-order chi connectivity index (χ1) is 10.6. The molecule has 1 heterocycles. The normalized spacial score (nSPS) is 23.0. The van der Waals surface area contributed by atoms with Crippen LogP contribution in [0.1, 0.15) is 45.1 Å². The zero-order chi connectivity index (χ0) is 16.1. The number of rotatable bonds is 6.